The van der Waals surface area contributed by atoms with E-state index in [9.17, 15) is 9.59 Å². The minimum Gasteiger partial charge on any atom is -0.492 e. The van der Waals surface area contributed by atoms with Gasteiger partial charge in [-0.2, -0.15) is 0 Å². The number of carbonyl (C=O) groups excluding carboxylic acids is 2. The molecule has 30 heavy (non-hydrogen) atoms. The monoisotopic (exact) mass is 466 g/mol. The predicted molar refractivity (Wildman–Crippen MR) is 122 cm³/mol. The number of hydrogen-bond acceptors (Lipinski definition) is 3. The highest BCUT2D eigenvalue weighted by Gasteiger charge is 2.15. The molecule has 0 aliphatic rings. The first-order valence-corrected chi connectivity index (χ1v) is 10.5. The van der Waals surface area contributed by atoms with Crippen molar-refractivity contribution in [3.05, 3.63) is 94.0 Å². The van der Waals surface area contributed by atoms with Crippen molar-refractivity contribution in [2.75, 3.05) is 11.9 Å². The summed E-state index contributed by atoms with van der Waals surface area (Å²) in [4.78, 5) is 25.4. The topological polar surface area (TPSA) is 67.4 Å². The second-order valence-corrected chi connectivity index (χ2v) is 7.52. The Bertz CT molecular complexity index is 1020. The molecule has 3 rings (SSSR count). The van der Waals surface area contributed by atoms with Crippen LogP contribution < -0.4 is 15.4 Å². The fourth-order valence-corrected chi connectivity index (χ4v) is 3.32. The molecule has 0 unspecified atom stereocenters. The van der Waals surface area contributed by atoms with Crippen LogP contribution in [0.4, 0.5) is 5.69 Å². The third kappa shape index (κ3) is 5.70. The lowest BCUT2D eigenvalue weighted by Crippen LogP contribution is -2.24. The maximum atomic E-state index is 12.7. The van der Waals surface area contributed by atoms with Crippen LogP contribution in [0.3, 0.4) is 0 Å². The highest BCUT2D eigenvalue weighted by atomic mass is 79.9. The summed E-state index contributed by atoms with van der Waals surface area (Å²) in [6.45, 7) is 3.05. The van der Waals surface area contributed by atoms with Gasteiger partial charge in [0, 0.05) is 12.1 Å². The van der Waals surface area contributed by atoms with Gasteiger partial charge in [0.2, 0.25) is 0 Å². The standard InChI is InChI=1S/C24H23BrN2O3/c1-2-14-30-22-13-12-18(15-20(22)25)23(28)27-21-11-7-6-10-19(21)24(29)26-16-17-8-4-3-5-9-17/h3-13,15H,2,14,16H2,1H3,(H,26,29)(H,27,28). The molecule has 0 bridgehead atoms. The summed E-state index contributed by atoms with van der Waals surface area (Å²) in [6, 6.07) is 21.8. The van der Waals surface area contributed by atoms with Crippen LogP contribution in [0.2, 0.25) is 0 Å². The van der Waals surface area contributed by atoms with Crippen LogP contribution in [0.1, 0.15) is 39.6 Å². The predicted octanol–water partition coefficient (Wildman–Crippen LogP) is 5.42. The zero-order chi connectivity index (χ0) is 21.3. The van der Waals surface area contributed by atoms with Gasteiger partial charge in [-0.1, -0.05) is 49.4 Å². The van der Waals surface area contributed by atoms with Gasteiger partial charge in [-0.25, -0.2) is 0 Å². The molecule has 2 amide bonds. The van der Waals surface area contributed by atoms with Crippen molar-refractivity contribution in [3.63, 3.8) is 0 Å². The van der Waals surface area contributed by atoms with E-state index in [-0.39, 0.29) is 11.8 Å². The van der Waals surface area contributed by atoms with Gasteiger partial charge in [-0.05, 0) is 58.2 Å². The Kier molecular flexibility index (Phi) is 7.63. The lowest BCUT2D eigenvalue weighted by Gasteiger charge is -2.13. The number of rotatable bonds is 8. The molecule has 5 nitrogen and oxygen atoms in total. The Morgan fingerprint density at radius 2 is 1.67 bits per heavy atom. The fraction of sp³-hybridized carbons (Fsp3) is 0.167. The number of ether oxygens (including phenoxy) is 1. The second kappa shape index (κ2) is 10.6. The Labute approximate surface area is 184 Å². The molecule has 0 atom stereocenters. The van der Waals surface area contributed by atoms with E-state index in [1.807, 2.05) is 37.3 Å². The molecule has 0 heterocycles. The number of para-hydroxylation sites is 1. The molecule has 6 heteroatoms. The molecule has 2 N–H and O–H groups in total. The average Bonchev–Trinajstić information content (AvgIpc) is 2.77. The molecule has 154 valence electrons. The van der Waals surface area contributed by atoms with E-state index < -0.39 is 0 Å². The van der Waals surface area contributed by atoms with E-state index in [0.29, 0.717) is 40.2 Å². The van der Waals surface area contributed by atoms with Gasteiger partial charge in [-0.15, -0.1) is 0 Å². The number of amides is 2. The van der Waals surface area contributed by atoms with Gasteiger partial charge in [-0.3, -0.25) is 9.59 Å². The molecule has 3 aromatic carbocycles. The van der Waals surface area contributed by atoms with Gasteiger partial charge in [0.1, 0.15) is 5.75 Å². The van der Waals surface area contributed by atoms with Gasteiger partial charge in [0.05, 0.1) is 22.3 Å². The van der Waals surface area contributed by atoms with Crippen LogP contribution >= 0.6 is 15.9 Å². The van der Waals surface area contributed by atoms with Gasteiger partial charge < -0.3 is 15.4 Å². The molecule has 0 aliphatic carbocycles. The van der Waals surface area contributed by atoms with Gasteiger partial charge in [0.15, 0.2) is 0 Å². The third-order valence-electron chi connectivity index (χ3n) is 4.37. The maximum absolute atomic E-state index is 12.7. The zero-order valence-electron chi connectivity index (χ0n) is 16.7. The fourth-order valence-electron chi connectivity index (χ4n) is 2.83. The number of hydrogen-bond donors (Lipinski definition) is 2. The summed E-state index contributed by atoms with van der Waals surface area (Å²) in [5.41, 5.74) is 2.33. The lowest BCUT2D eigenvalue weighted by atomic mass is 10.1. The highest BCUT2D eigenvalue weighted by molar-refractivity contribution is 9.10. The van der Waals surface area contributed by atoms with Crippen LogP contribution in [0.5, 0.6) is 5.75 Å². The summed E-state index contributed by atoms with van der Waals surface area (Å²) in [5.74, 6) is 0.134. The Morgan fingerprint density at radius 1 is 0.933 bits per heavy atom. The van der Waals surface area contributed by atoms with E-state index in [2.05, 4.69) is 26.6 Å². The van der Waals surface area contributed by atoms with E-state index >= 15 is 0 Å². The molecule has 0 saturated heterocycles. The van der Waals surface area contributed by atoms with Crippen molar-refractivity contribution < 1.29 is 14.3 Å². The normalized spacial score (nSPS) is 10.3. The summed E-state index contributed by atoms with van der Waals surface area (Å²) in [6.07, 6.45) is 0.901. The SMILES string of the molecule is CCCOc1ccc(C(=O)Nc2ccccc2C(=O)NCc2ccccc2)cc1Br. The summed E-state index contributed by atoms with van der Waals surface area (Å²) in [7, 11) is 0. The summed E-state index contributed by atoms with van der Waals surface area (Å²) in [5, 5.41) is 5.72. The first kappa shape index (κ1) is 21.6. The van der Waals surface area contributed by atoms with Crippen molar-refractivity contribution in [1.82, 2.24) is 5.32 Å². The maximum Gasteiger partial charge on any atom is 0.255 e. The number of benzene rings is 3. The lowest BCUT2D eigenvalue weighted by molar-refractivity contribution is 0.0952. The quantitative estimate of drug-likeness (QED) is 0.465. The second-order valence-electron chi connectivity index (χ2n) is 6.66. The van der Waals surface area contributed by atoms with Crippen molar-refractivity contribution in [1.29, 1.82) is 0 Å². The van der Waals surface area contributed by atoms with E-state index in [4.69, 9.17) is 4.74 Å². The first-order chi connectivity index (χ1) is 14.6. The number of anilines is 1. The van der Waals surface area contributed by atoms with Crippen LogP contribution in [0.15, 0.2) is 77.3 Å². The summed E-state index contributed by atoms with van der Waals surface area (Å²) < 4.78 is 6.33. The third-order valence-corrected chi connectivity index (χ3v) is 4.99. The van der Waals surface area contributed by atoms with Gasteiger partial charge >= 0.3 is 0 Å². The van der Waals surface area contributed by atoms with E-state index in [1.165, 1.54) is 0 Å². The van der Waals surface area contributed by atoms with Crippen molar-refractivity contribution in [2.45, 2.75) is 19.9 Å². The molecule has 0 fully saturated rings. The highest BCUT2D eigenvalue weighted by Crippen LogP contribution is 2.27. The average molecular weight is 467 g/mol. The largest absolute Gasteiger partial charge is 0.492 e. The number of nitrogens with one attached hydrogen (secondary N) is 2. The smallest absolute Gasteiger partial charge is 0.255 e. The molecule has 3 aromatic rings. The number of halogens is 1. The van der Waals surface area contributed by atoms with Crippen LogP contribution in [-0.4, -0.2) is 18.4 Å². The number of carbonyl (C=O) groups is 2. The minimum absolute atomic E-state index is 0.251. The van der Waals surface area contributed by atoms with Gasteiger partial charge in [0.25, 0.3) is 11.8 Å². The van der Waals surface area contributed by atoms with E-state index in [0.717, 1.165) is 12.0 Å². The molecule has 0 saturated carbocycles. The molecule has 0 spiro atoms. The molecular weight excluding hydrogens is 444 g/mol. The van der Waals surface area contributed by atoms with Crippen LogP contribution in [0.25, 0.3) is 0 Å². The summed E-state index contributed by atoms with van der Waals surface area (Å²) >= 11 is 3.44. The molecular formula is C24H23BrN2O3. The molecule has 0 radical (unpaired) electrons. The first-order valence-electron chi connectivity index (χ1n) is 9.73. The zero-order valence-corrected chi connectivity index (χ0v) is 18.2. The Balaban J connectivity index is 1.70. The Hall–Kier alpha value is -3.12. The minimum atomic E-state index is -0.305. The van der Waals surface area contributed by atoms with Crippen molar-refractivity contribution in [3.8, 4) is 5.75 Å². The van der Waals surface area contributed by atoms with Crippen LogP contribution in [-0.2, 0) is 6.54 Å². The van der Waals surface area contributed by atoms with Crippen LogP contribution in [0, 0.1) is 0 Å². The molecule has 0 aromatic heterocycles. The van der Waals surface area contributed by atoms with Crippen molar-refractivity contribution >= 4 is 33.4 Å². The van der Waals surface area contributed by atoms with E-state index in [1.54, 1.807) is 42.5 Å². The molecule has 0 aliphatic heterocycles. The van der Waals surface area contributed by atoms with Crippen molar-refractivity contribution in [2.24, 2.45) is 0 Å². The Morgan fingerprint density at radius 3 is 2.40 bits per heavy atom.